The van der Waals surface area contributed by atoms with Crippen LogP contribution in [0.5, 0.6) is 5.75 Å². The first-order valence-electron chi connectivity index (χ1n) is 8.53. The number of anilines is 1. The fraction of sp³-hybridized carbons (Fsp3) is 0.136. The molecule has 0 amide bonds. The van der Waals surface area contributed by atoms with Gasteiger partial charge in [-0.2, -0.15) is 13.2 Å². The largest absolute Gasteiger partial charge is 0.497 e. The fourth-order valence-electron chi connectivity index (χ4n) is 2.94. The summed E-state index contributed by atoms with van der Waals surface area (Å²) in [6, 6.07) is 19.5. The maximum absolute atomic E-state index is 13.1. The molecule has 28 heavy (non-hydrogen) atoms. The van der Waals surface area contributed by atoms with E-state index in [0.29, 0.717) is 17.0 Å². The summed E-state index contributed by atoms with van der Waals surface area (Å²) in [7, 11) is 1.50. The molecule has 1 N–H and O–H groups in total. The van der Waals surface area contributed by atoms with Crippen LogP contribution < -0.4 is 10.1 Å². The Morgan fingerprint density at radius 1 is 0.929 bits per heavy atom. The van der Waals surface area contributed by atoms with Crippen LogP contribution in [0.4, 0.5) is 18.9 Å². The molecular weight excluding hydrogens is 367 g/mol. The third-order valence-electron chi connectivity index (χ3n) is 4.40. The van der Waals surface area contributed by atoms with E-state index in [1.165, 1.54) is 14.0 Å². The molecule has 0 fully saturated rings. The van der Waals surface area contributed by atoms with E-state index in [1.807, 2.05) is 30.3 Å². The van der Waals surface area contributed by atoms with Crippen molar-refractivity contribution in [3.8, 4) is 5.75 Å². The molecule has 6 heteroatoms. The lowest BCUT2D eigenvalue weighted by atomic mass is 10.0. The number of ether oxygens (including phenoxy) is 1. The second-order valence-electron chi connectivity index (χ2n) is 6.21. The molecule has 0 spiro atoms. The summed E-state index contributed by atoms with van der Waals surface area (Å²) in [4.78, 5) is 11.9. The highest BCUT2D eigenvalue weighted by Crippen LogP contribution is 2.31. The summed E-state index contributed by atoms with van der Waals surface area (Å²) in [6.45, 7) is 1.17. The minimum Gasteiger partial charge on any atom is -0.497 e. The third kappa shape index (κ3) is 4.01. The van der Waals surface area contributed by atoms with Crippen molar-refractivity contribution in [1.29, 1.82) is 0 Å². The van der Waals surface area contributed by atoms with Gasteiger partial charge in [-0.1, -0.05) is 36.4 Å². The highest BCUT2D eigenvalue weighted by atomic mass is 19.4. The van der Waals surface area contributed by atoms with Crippen molar-refractivity contribution in [2.45, 2.75) is 13.1 Å². The standard InChI is InChI=1S/C22H18F3NO2/c1-14(21(27)22(23,24)25)20(16-10-12-17(28-2)13-11-16)26-19-9-5-7-15-6-3-4-8-18(15)19/h3-13,26H,1-2H3/b20-14-. The van der Waals surface area contributed by atoms with Crippen LogP contribution in [0.25, 0.3) is 16.5 Å². The van der Waals surface area contributed by atoms with Crippen LogP contribution in [0.1, 0.15) is 12.5 Å². The van der Waals surface area contributed by atoms with E-state index >= 15 is 0 Å². The van der Waals surface area contributed by atoms with Crippen molar-refractivity contribution in [3.05, 3.63) is 77.9 Å². The topological polar surface area (TPSA) is 38.3 Å². The molecule has 3 nitrogen and oxygen atoms in total. The Labute approximate surface area is 160 Å². The normalized spacial score (nSPS) is 12.5. The highest BCUT2D eigenvalue weighted by Gasteiger charge is 2.40. The number of benzene rings is 3. The Morgan fingerprint density at radius 3 is 2.21 bits per heavy atom. The molecule has 0 aliphatic rings. The number of halogens is 3. The van der Waals surface area contributed by atoms with Gasteiger partial charge in [-0.05, 0) is 48.2 Å². The molecule has 0 heterocycles. The van der Waals surface area contributed by atoms with Crippen LogP contribution in [0.15, 0.2) is 72.3 Å². The lowest BCUT2D eigenvalue weighted by Gasteiger charge is -2.18. The molecule has 0 aliphatic carbocycles. The minimum absolute atomic E-state index is 0.0985. The Bertz CT molecular complexity index is 1030. The summed E-state index contributed by atoms with van der Waals surface area (Å²) < 4.78 is 44.3. The van der Waals surface area contributed by atoms with E-state index in [2.05, 4.69) is 5.32 Å². The molecule has 0 aromatic heterocycles. The predicted molar refractivity (Wildman–Crippen MR) is 104 cm³/mol. The van der Waals surface area contributed by atoms with Crippen molar-refractivity contribution in [2.24, 2.45) is 0 Å². The average molecular weight is 385 g/mol. The van der Waals surface area contributed by atoms with Crippen molar-refractivity contribution in [1.82, 2.24) is 0 Å². The van der Waals surface area contributed by atoms with Gasteiger partial charge in [0.15, 0.2) is 0 Å². The zero-order valence-corrected chi connectivity index (χ0v) is 15.3. The SMILES string of the molecule is COc1ccc(/C(Nc2cccc3ccccc23)=C(\C)C(=O)C(F)(F)F)cc1. The second kappa shape index (κ2) is 7.76. The van der Waals surface area contributed by atoms with Gasteiger partial charge in [-0.25, -0.2) is 0 Å². The molecular formula is C22H18F3NO2. The van der Waals surface area contributed by atoms with E-state index in [9.17, 15) is 18.0 Å². The average Bonchev–Trinajstić information content (AvgIpc) is 2.70. The lowest BCUT2D eigenvalue weighted by Crippen LogP contribution is -2.25. The number of methoxy groups -OCH3 is 1. The lowest BCUT2D eigenvalue weighted by molar-refractivity contribution is -0.166. The molecule has 144 valence electrons. The van der Waals surface area contributed by atoms with E-state index < -0.39 is 17.5 Å². The van der Waals surface area contributed by atoms with Crippen LogP contribution in [0.3, 0.4) is 0 Å². The molecule has 0 bridgehead atoms. The molecule has 0 radical (unpaired) electrons. The predicted octanol–water partition coefficient (Wildman–Crippen LogP) is 5.82. The summed E-state index contributed by atoms with van der Waals surface area (Å²) >= 11 is 0. The van der Waals surface area contributed by atoms with Gasteiger partial charge in [0.1, 0.15) is 5.75 Å². The Kier molecular flexibility index (Phi) is 5.40. The quantitative estimate of drug-likeness (QED) is 0.562. The zero-order chi connectivity index (χ0) is 20.3. The van der Waals surface area contributed by atoms with Crippen LogP contribution >= 0.6 is 0 Å². The monoisotopic (exact) mass is 385 g/mol. The first-order chi connectivity index (χ1) is 13.3. The van der Waals surface area contributed by atoms with Crippen molar-refractivity contribution < 1.29 is 22.7 Å². The van der Waals surface area contributed by atoms with Gasteiger partial charge in [0.05, 0.1) is 12.8 Å². The first-order valence-corrected chi connectivity index (χ1v) is 8.53. The molecule has 0 unspecified atom stereocenters. The van der Waals surface area contributed by atoms with Crippen LogP contribution in [0.2, 0.25) is 0 Å². The molecule has 3 aromatic rings. The van der Waals surface area contributed by atoms with Crippen LogP contribution in [-0.4, -0.2) is 19.1 Å². The number of rotatable bonds is 5. The van der Waals surface area contributed by atoms with Crippen molar-refractivity contribution in [3.63, 3.8) is 0 Å². The Morgan fingerprint density at radius 2 is 1.57 bits per heavy atom. The molecule has 3 rings (SSSR count). The zero-order valence-electron chi connectivity index (χ0n) is 15.3. The third-order valence-corrected chi connectivity index (χ3v) is 4.40. The van der Waals surface area contributed by atoms with E-state index in [0.717, 1.165) is 10.8 Å². The number of fused-ring (bicyclic) bond motifs is 1. The first kappa shape index (κ1) is 19.5. The van der Waals surface area contributed by atoms with Crippen molar-refractivity contribution in [2.75, 3.05) is 12.4 Å². The number of hydrogen-bond donors (Lipinski definition) is 1. The van der Waals surface area contributed by atoms with Gasteiger partial charge in [-0.3, -0.25) is 4.79 Å². The molecule has 0 aliphatic heterocycles. The number of hydrogen-bond acceptors (Lipinski definition) is 3. The van der Waals surface area contributed by atoms with Gasteiger partial charge in [0, 0.05) is 16.6 Å². The number of nitrogens with one attached hydrogen (secondary N) is 1. The number of allylic oxidation sites excluding steroid dienone is 1. The number of carbonyl (C=O) groups excluding carboxylic acids is 1. The summed E-state index contributed by atoms with van der Waals surface area (Å²) in [5, 5.41) is 4.81. The van der Waals surface area contributed by atoms with Crippen LogP contribution in [0, 0.1) is 0 Å². The smallest absolute Gasteiger partial charge is 0.454 e. The van der Waals surface area contributed by atoms with E-state index in [-0.39, 0.29) is 5.70 Å². The van der Waals surface area contributed by atoms with Gasteiger partial charge >= 0.3 is 6.18 Å². The Balaban J connectivity index is 2.14. The van der Waals surface area contributed by atoms with Crippen molar-refractivity contribution >= 4 is 27.9 Å². The molecule has 0 saturated heterocycles. The van der Waals surface area contributed by atoms with Gasteiger partial charge in [0.2, 0.25) is 0 Å². The highest BCUT2D eigenvalue weighted by molar-refractivity contribution is 6.08. The molecule has 3 aromatic carbocycles. The maximum atomic E-state index is 13.1. The van der Waals surface area contributed by atoms with Crippen LogP contribution in [-0.2, 0) is 4.79 Å². The van der Waals surface area contributed by atoms with E-state index in [1.54, 1.807) is 36.4 Å². The number of alkyl halides is 3. The minimum atomic E-state index is -4.96. The van der Waals surface area contributed by atoms with E-state index in [4.69, 9.17) is 4.74 Å². The summed E-state index contributed by atoms with van der Waals surface area (Å²) in [5.74, 6) is -1.32. The summed E-state index contributed by atoms with van der Waals surface area (Å²) in [6.07, 6.45) is -4.96. The van der Waals surface area contributed by atoms with Gasteiger partial charge < -0.3 is 10.1 Å². The molecule has 0 atom stereocenters. The van der Waals surface area contributed by atoms with Gasteiger partial charge in [0.25, 0.3) is 5.78 Å². The number of carbonyl (C=O) groups is 1. The maximum Gasteiger partial charge on any atom is 0.454 e. The second-order valence-corrected chi connectivity index (χ2v) is 6.21. The molecule has 0 saturated carbocycles. The number of Topliss-reactive ketones (excluding diaryl/α,β-unsaturated/α-hetero) is 1. The Hall–Kier alpha value is -3.28. The fourth-order valence-corrected chi connectivity index (χ4v) is 2.94. The number of ketones is 1. The summed E-state index contributed by atoms with van der Waals surface area (Å²) in [5.41, 5.74) is 0.744. The van der Waals surface area contributed by atoms with Gasteiger partial charge in [-0.15, -0.1) is 0 Å².